The van der Waals surface area contributed by atoms with E-state index in [9.17, 15) is 9.59 Å². The molecule has 0 fully saturated rings. The van der Waals surface area contributed by atoms with Crippen LogP contribution >= 0.6 is 11.3 Å². The molecule has 2 rings (SSSR count). The maximum Gasteiger partial charge on any atom is 0.261 e. The number of aryl methyl sites for hydroxylation is 1. The highest BCUT2D eigenvalue weighted by molar-refractivity contribution is 7.12. The summed E-state index contributed by atoms with van der Waals surface area (Å²) in [6, 6.07) is 9.41. The van der Waals surface area contributed by atoms with E-state index >= 15 is 0 Å². The van der Waals surface area contributed by atoms with Gasteiger partial charge in [0.15, 0.2) is 0 Å². The summed E-state index contributed by atoms with van der Waals surface area (Å²) in [5, 5.41) is 7.75. The van der Waals surface area contributed by atoms with Crippen LogP contribution in [0.15, 0.2) is 35.7 Å². The molecule has 1 atom stereocenters. The van der Waals surface area contributed by atoms with Crippen LogP contribution in [-0.2, 0) is 6.54 Å². The smallest absolute Gasteiger partial charge is 0.261 e. The second-order valence-corrected chi connectivity index (χ2v) is 6.51. The van der Waals surface area contributed by atoms with E-state index < -0.39 is 0 Å². The van der Waals surface area contributed by atoms with Crippen LogP contribution in [0.5, 0.6) is 0 Å². The number of carbonyl (C=O) groups excluding carboxylic acids is 2. The molecular formula is C18H22N2O2S. The molecule has 2 aromatic rings. The van der Waals surface area contributed by atoms with Crippen molar-refractivity contribution in [2.24, 2.45) is 0 Å². The molecule has 23 heavy (non-hydrogen) atoms. The molecule has 0 spiro atoms. The predicted molar refractivity (Wildman–Crippen MR) is 93.9 cm³/mol. The van der Waals surface area contributed by atoms with Crippen molar-refractivity contribution >= 4 is 23.2 Å². The van der Waals surface area contributed by atoms with Gasteiger partial charge < -0.3 is 10.6 Å². The first-order valence-corrected chi connectivity index (χ1v) is 8.61. The molecule has 1 aromatic carbocycles. The Labute approximate surface area is 140 Å². The van der Waals surface area contributed by atoms with Crippen LogP contribution < -0.4 is 10.6 Å². The van der Waals surface area contributed by atoms with Crippen molar-refractivity contribution in [3.63, 3.8) is 0 Å². The summed E-state index contributed by atoms with van der Waals surface area (Å²) in [5.41, 5.74) is 2.59. The zero-order valence-corrected chi connectivity index (χ0v) is 14.5. The highest BCUT2D eigenvalue weighted by Gasteiger charge is 2.11. The minimum absolute atomic E-state index is 0.0592. The van der Waals surface area contributed by atoms with Crippen LogP contribution in [0.2, 0.25) is 0 Å². The van der Waals surface area contributed by atoms with E-state index in [1.54, 1.807) is 12.1 Å². The molecule has 4 nitrogen and oxygen atoms in total. The molecule has 2 N–H and O–H groups in total. The van der Waals surface area contributed by atoms with E-state index in [-0.39, 0.29) is 17.9 Å². The normalized spacial score (nSPS) is 11.8. The van der Waals surface area contributed by atoms with Gasteiger partial charge in [0, 0.05) is 18.2 Å². The SMILES string of the molecule is CC[C@H](C)NC(=O)c1ccc(CNC(=O)c2sccc2C)cc1. The van der Waals surface area contributed by atoms with E-state index in [2.05, 4.69) is 10.6 Å². The molecule has 0 radical (unpaired) electrons. The first-order chi connectivity index (χ1) is 11.0. The number of amides is 2. The molecule has 0 saturated carbocycles. The van der Waals surface area contributed by atoms with E-state index in [0.29, 0.717) is 12.1 Å². The number of carbonyl (C=O) groups is 2. The second-order valence-electron chi connectivity index (χ2n) is 5.60. The molecule has 1 aromatic heterocycles. The van der Waals surface area contributed by atoms with Crippen molar-refractivity contribution in [3.8, 4) is 0 Å². The Balaban J connectivity index is 1.91. The van der Waals surface area contributed by atoms with Gasteiger partial charge in [-0.05, 0) is 55.0 Å². The lowest BCUT2D eigenvalue weighted by atomic mass is 10.1. The van der Waals surface area contributed by atoms with Gasteiger partial charge in [0.1, 0.15) is 0 Å². The number of hydrogen-bond acceptors (Lipinski definition) is 3. The Kier molecular flexibility index (Phi) is 5.93. The summed E-state index contributed by atoms with van der Waals surface area (Å²) >= 11 is 1.44. The molecule has 0 aliphatic carbocycles. The molecule has 5 heteroatoms. The quantitative estimate of drug-likeness (QED) is 0.851. The van der Waals surface area contributed by atoms with Crippen LogP contribution in [0.25, 0.3) is 0 Å². The third-order valence-corrected chi connectivity index (χ3v) is 4.74. The number of hydrogen-bond donors (Lipinski definition) is 2. The zero-order valence-electron chi connectivity index (χ0n) is 13.7. The summed E-state index contributed by atoms with van der Waals surface area (Å²) in [7, 11) is 0. The van der Waals surface area contributed by atoms with Gasteiger partial charge in [-0.1, -0.05) is 19.1 Å². The zero-order chi connectivity index (χ0) is 16.8. The van der Waals surface area contributed by atoms with Crippen LogP contribution in [0.3, 0.4) is 0 Å². The standard InChI is InChI=1S/C18H22N2O2S/c1-4-13(3)20-17(21)15-7-5-14(6-8-15)11-19-18(22)16-12(2)9-10-23-16/h5-10,13H,4,11H2,1-3H3,(H,19,22)(H,20,21)/t13-/m0/s1. The van der Waals surface area contributed by atoms with Gasteiger partial charge in [0.25, 0.3) is 11.8 Å². The van der Waals surface area contributed by atoms with E-state index in [0.717, 1.165) is 22.4 Å². The Morgan fingerprint density at radius 1 is 1.13 bits per heavy atom. The molecule has 2 amide bonds. The van der Waals surface area contributed by atoms with Crippen LogP contribution in [0, 0.1) is 6.92 Å². The minimum atomic E-state index is -0.0656. The summed E-state index contributed by atoms with van der Waals surface area (Å²) < 4.78 is 0. The molecule has 0 aliphatic rings. The molecule has 0 aliphatic heterocycles. The summed E-state index contributed by atoms with van der Waals surface area (Å²) in [6.45, 7) is 6.39. The Hall–Kier alpha value is -2.14. The first-order valence-electron chi connectivity index (χ1n) is 7.73. The molecule has 0 saturated heterocycles. The van der Waals surface area contributed by atoms with Gasteiger partial charge in [-0.15, -0.1) is 11.3 Å². The van der Waals surface area contributed by atoms with Crippen molar-refractivity contribution in [1.82, 2.24) is 10.6 Å². The summed E-state index contributed by atoms with van der Waals surface area (Å²) in [5.74, 6) is -0.125. The molecule has 0 unspecified atom stereocenters. The lowest BCUT2D eigenvalue weighted by molar-refractivity contribution is 0.0934. The molecule has 122 valence electrons. The molecule has 0 bridgehead atoms. The van der Waals surface area contributed by atoms with E-state index in [4.69, 9.17) is 0 Å². The van der Waals surface area contributed by atoms with E-state index in [1.807, 2.05) is 44.4 Å². The van der Waals surface area contributed by atoms with Gasteiger partial charge in [0.05, 0.1) is 4.88 Å². The van der Waals surface area contributed by atoms with Crippen molar-refractivity contribution < 1.29 is 9.59 Å². The first kappa shape index (κ1) is 17.2. The summed E-state index contributed by atoms with van der Waals surface area (Å²) in [6.07, 6.45) is 0.901. The number of rotatable bonds is 6. The Bertz CT molecular complexity index is 677. The Morgan fingerprint density at radius 2 is 1.83 bits per heavy atom. The van der Waals surface area contributed by atoms with Crippen molar-refractivity contribution in [3.05, 3.63) is 57.3 Å². The second kappa shape index (κ2) is 7.92. The highest BCUT2D eigenvalue weighted by atomic mass is 32.1. The van der Waals surface area contributed by atoms with Crippen LogP contribution in [0.1, 0.15) is 51.4 Å². The molecule has 1 heterocycles. The van der Waals surface area contributed by atoms with Gasteiger partial charge in [-0.3, -0.25) is 9.59 Å². The number of benzene rings is 1. The Morgan fingerprint density at radius 3 is 2.39 bits per heavy atom. The van der Waals surface area contributed by atoms with Gasteiger partial charge >= 0.3 is 0 Å². The average Bonchev–Trinajstić information content (AvgIpc) is 2.99. The predicted octanol–water partition coefficient (Wildman–Crippen LogP) is 3.51. The third-order valence-electron chi connectivity index (χ3n) is 3.73. The largest absolute Gasteiger partial charge is 0.350 e. The van der Waals surface area contributed by atoms with E-state index in [1.165, 1.54) is 11.3 Å². The monoisotopic (exact) mass is 330 g/mol. The van der Waals surface area contributed by atoms with Crippen molar-refractivity contribution in [2.75, 3.05) is 0 Å². The fourth-order valence-electron chi connectivity index (χ4n) is 2.05. The van der Waals surface area contributed by atoms with Crippen molar-refractivity contribution in [2.45, 2.75) is 39.8 Å². The minimum Gasteiger partial charge on any atom is -0.350 e. The fraction of sp³-hybridized carbons (Fsp3) is 0.333. The van der Waals surface area contributed by atoms with Gasteiger partial charge in [-0.2, -0.15) is 0 Å². The maximum absolute atomic E-state index is 12.1. The maximum atomic E-state index is 12.1. The van der Waals surface area contributed by atoms with Gasteiger partial charge in [0.2, 0.25) is 0 Å². The average molecular weight is 330 g/mol. The number of thiophene rings is 1. The highest BCUT2D eigenvalue weighted by Crippen LogP contribution is 2.15. The lowest BCUT2D eigenvalue weighted by Crippen LogP contribution is -2.31. The third kappa shape index (κ3) is 4.66. The van der Waals surface area contributed by atoms with Crippen LogP contribution in [-0.4, -0.2) is 17.9 Å². The topological polar surface area (TPSA) is 58.2 Å². The molecular weight excluding hydrogens is 308 g/mol. The number of nitrogens with one attached hydrogen (secondary N) is 2. The fourth-order valence-corrected chi connectivity index (χ4v) is 2.89. The van der Waals surface area contributed by atoms with Crippen LogP contribution in [0.4, 0.5) is 0 Å². The van der Waals surface area contributed by atoms with Gasteiger partial charge in [-0.25, -0.2) is 0 Å². The summed E-state index contributed by atoms with van der Waals surface area (Å²) in [4.78, 5) is 24.8. The van der Waals surface area contributed by atoms with Crippen molar-refractivity contribution in [1.29, 1.82) is 0 Å². The lowest BCUT2D eigenvalue weighted by Gasteiger charge is -2.11.